The van der Waals surface area contributed by atoms with E-state index in [9.17, 15) is 0 Å². The summed E-state index contributed by atoms with van der Waals surface area (Å²) in [6.07, 6.45) is 0. The Bertz CT molecular complexity index is 577. The first-order valence-electron chi connectivity index (χ1n) is 7.03. The van der Waals surface area contributed by atoms with Crippen molar-refractivity contribution >= 4 is 0 Å². The number of hydrogen-bond donors (Lipinski definition) is 1. The Balaban J connectivity index is 2.06. The number of methoxy groups -OCH3 is 1. The van der Waals surface area contributed by atoms with E-state index in [0.717, 1.165) is 12.3 Å². The van der Waals surface area contributed by atoms with Crippen molar-refractivity contribution in [2.75, 3.05) is 7.11 Å². The minimum absolute atomic E-state index is 0.320. The second kappa shape index (κ2) is 6.58. The Labute approximate surface area is 121 Å². The quantitative estimate of drug-likeness (QED) is 0.880. The predicted molar refractivity (Wildman–Crippen MR) is 84.2 cm³/mol. The topological polar surface area (TPSA) is 21.3 Å². The molecule has 0 heterocycles. The number of aryl methyl sites for hydroxylation is 2. The molecule has 20 heavy (non-hydrogen) atoms. The van der Waals surface area contributed by atoms with Crippen molar-refractivity contribution in [3.8, 4) is 5.75 Å². The Kier molecular flexibility index (Phi) is 4.80. The summed E-state index contributed by atoms with van der Waals surface area (Å²) in [5.41, 5.74) is 5.07. The zero-order chi connectivity index (χ0) is 14.5. The minimum Gasteiger partial charge on any atom is -0.496 e. The maximum Gasteiger partial charge on any atom is 0.123 e. The lowest BCUT2D eigenvalue weighted by Gasteiger charge is -2.16. The van der Waals surface area contributed by atoms with Crippen LogP contribution in [0.25, 0.3) is 0 Å². The van der Waals surface area contributed by atoms with Crippen LogP contribution >= 0.6 is 0 Å². The third kappa shape index (κ3) is 3.61. The molecule has 0 amide bonds. The highest BCUT2D eigenvalue weighted by molar-refractivity contribution is 5.37. The largest absolute Gasteiger partial charge is 0.496 e. The lowest BCUT2D eigenvalue weighted by molar-refractivity contribution is 0.406. The molecule has 0 radical (unpaired) electrons. The lowest BCUT2D eigenvalue weighted by Crippen LogP contribution is -2.18. The van der Waals surface area contributed by atoms with Crippen LogP contribution in [-0.4, -0.2) is 7.11 Å². The predicted octanol–water partition coefficient (Wildman–Crippen LogP) is 4.16. The fourth-order valence-corrected chi connectivity index (χ4v) is 2.37. The Morgan fingerprint density at radius 2 is 1.80 bits per heavy atom. The van der Waals surface area contributed by atoms with Gasteiger partial charge in [0.1, 0.15) is 5.75 Å². The van der Waals surface area contributed by atoms with Crippen molar-refractivity contribution in [2.45, 2.75) is 33.4 Å². The van der Waals surface area contributed by atoms with E-state index in [0.29, 0.717) is 6.04 Å². The van der Waals surface area contributed by atoms with Gasteiger partial charge in [-0.25, -0.2) is 0 Å². The van der Waals surface area contributed by atoms with Crippen molar-refractivity contribution in [1.82, 2.24) is 5.32 Å². The summed E-state index contributed by atoms with van der Waals surface area (Å²) in [6.45, 7) is 7.23. The van der Waals surface area contributed by atoms with Crippen LogP contribution in [-0.2, 0) is 6.54 Å². The summed E-state index contributed by atoms with van der Waals surface area (Å²) < 4.78 is 5.42. The molecule has 0 bridgehead atoms. The van der Waals surface area contributed by atoms with Gasteiger partial charge in [-0.3, -0.25) is 0 Å². The van der Waals surface area contributed by atoms with Gasteiger partial charge in [-0.05, 0) is 32.4 Å². The van der Waals surface area contributed by atoms with Crippen LogP contribution in [0.4, 0.5) is 0 Å². The molecule has 2 nitrogen and oxygen atoms in total. The standard InChI is InChI=1S/C18H23NO/c1-13-6-5-7-16(10-13)15(3)19-12-17-11-14(2)8-9-18(17)20-4/h5-11,15,19H,12H2,1-4H3/t15-/m0/s1. The number of rotatable bonds is 5. The van der Waals surface area contributed by atoms with Crippen LogP contribution in [0.2, 0.25) is 0 Å². The fraction of sp³-hybridized carbons (Fsp3) is 0.333. The molecule has 0 aliphatic rings. The summed E-state index contributed by atoms with van der Waals surface area (Å²) in [5.74, 6) is 0.944. The van der Waals surface area contributed by atoms with E-state index in [1.54, 1.807) is 7.11 Å². The Morgan fingerprint density at radius 1 is 1.05 bits per heavy atom. The average Bonchev–Trinajstić information content (AvgIpc) is 2.45. The van der Waals surface area contributed by atoms with Crippen LogP contribution in [0.3, 0.4) is 0 Å². The van der Waals surface area contributed by atoms with E-state index in [1.807, 2.05) is 6.07 Å². The molecule has 106 valence electrons. The van der Waals surface area contributed by atoms with E-state index >= 15 is 0 Å². The molecule has 1 atom stereocenters. The van der Waals surface area contributed by atoms with Crippen molar-refractivity contribution in [2.24, 2.45) is 0 Å². The molecule has 2 aromatic rings. The highest BCUT2D eigenvalue weighted by Crippen LogP contribution is 2.21. The second-order valence-corrected chi connectivity index (χ2v) is 5.33. The van der Waals surface area contributed by atoms with Crippen molar-refractivity contribution in [1.29, 1.82) is 0 Å². The maximum absolute atomic E-state index is 5.42. The summed E-state index contributed by atoms with van der Waals surface area (Å²) >= 11 is 0. The van der Waals surface area contributed by atoms with Gasteiger partial charge in [0.25, 0.3) is 0 Å². The maximum atomic E-state index is 5.42. The summed E-state index contributed by atoms with van der Waals surface area (Å²) in [5, 5.41) is 3.56. The number of benzene rings is 2. The third-order valence-corrected chi connectivity index (χ3v) is 3.58. The summed E-state index contributed by atoms with van der Waals surface area (Å²) in [6, 6.07) is 15.2. The van der Waals surface area contributed by atoms with Crippen LogP contribution in [0, 0.1) is 13.8 Å². The minimum atomic E-state index is 0.320. The molecule has 0 aromatic heterocycles. The van der Waals surface area contributed by atoms with Gasteiger partial charge in [0, 0.05) is 18.2 Å². The molecular weight excluding hydrogens is 246 g/mol. The SMILES string of the molecule is COc1ccc(C)cc1CN[C@@H](C)c1cccc(C)c1. The zero-order valence-corrected chi connectivity index (χ0v) is 12.7. The van der Waals surface area contributed by atoms with Crippen molar-refractivity contribution in [3.05, 3.63) is 64.7 Å². The molecular formula is C18H23NO. The first-order valence-corrected chi connectivity index (χ1v) is 7.03. The van der Waals surface area contributed by atoms with E-state index in [2.05, 4.69) is 62.5 Å². The van der Waals surface area contributed by atoms with Gasteiger partial charge < -0.3 is 10.1 Å². The van der Waals surface area contributed by atoms with E-state index in [1.165, 1.54) is 22.3 Å². The lowest BCUT2D eigenvalue weighted by atomic mass is 10.0. The molecule has 2 heteroatoms. The van der Waals surface area contributed by atoms with Crippen LogP contribution in [0.5, 0.6) is 5.75 Å². The molecule has 1 N–H and O–H groups in total. The number of hydrogen-bond acceptors (Lipinski definition) is 2. The van der Waals surface area contributed by atoms with Crippen LogP contribution in [0.1, 0.15) is 35.2 Å². The average molecular weight is 269 g/mol. The normalized spacial score (nSPS) is 12.2. The van der Waals surface area contributed by atoms with Crippen molar-refractivity contribution in [3.63, 3.8) is 0 Å². The van der Waals surface area contributed by atoms with E-state index in [4.69, 9.17) is 4.74 Å². The van der Waals surface area contributed by atoms with Gasteiger partial charge in [-0.15, -0.1) is 0 Å². The molecule has 0 spiro atoms. The fourth-order valence-electron chi connectivity index (χ4n) is 2.37. The molecule has 0 aliphatic heterocycles. The molecule has 0 fully saturated rings. The molecule has 2 rings (SSSR count). The molecule has 2 aromatic carbocycles. The molecule has 0 unspecified atom stereocenters. The summed E-state index contributed by atoms with van der Waals surface area (Å²) in [4.78, 5) is 0. The smallest absolute Gasteiger partial charge is 0.123 e. The summed E-state index contributed by atoms with van der Waals surface area (Å²) in [7, 11) is 1.72. The Morgan fingerprint density at radius 3 is 2.50 bits per heavy atom. The van der Waals surface area contributed by atoms with Gasteiger partial charge in [0.15, 0.2) is 0 Å². The molecule has 0 saturated carbocycles. The van der Waals surface area contributed by atoms with Gasteiger partial charge in [0.05, 0.1) is 7.11 Å². The van der Waals surface area contributed by atoms with E-state index < -0.39 is 0 Å². The highest BCUT2D eigenvalue weighted by atomic mass is 16.5. The number of ether oxygens (including phenoxy) is 1. The first kappa shape index (κ1) is 14.6. The van der Waals surface area contributed by atoms with Gasteiger partial charge in [-0.1, -0.05) is 47.5 Å². The van der Waals surface area contributed by atoms with Gasteiger partial charge in [0.2, 0.25) is 0 Å². The monoisotopic (exact) mass is 269 g/mol. The molecule has 0 saturated heterocycles. The third-order valence-electron chi connectivity index (χ3n) is 3.58. The zero-order valence-electron chi connectivity index (χ0n) is 12.7. The van der Waals surface area contributed by atoms with E-state index in [-0.39, 0.29) is 0 Å². The van der Waals surface area contributed by atoms with Gasteiger partial charge in [-0.2, -0.15) is 0 Å². The van der Waals surface area contributed by atoms with Crippen LogP contribution in [0.15, 0.2) is 42.5 Å². The van der Waals surface area contributed by atoms with Gasteiger partial charge >= 0.3 is 0 Å². The first-order chi connectivity index (χ1) is 9.60. The molecule has 0 aliphatic carbocycles. The van der Waals surface area contributed by atoms with Crippen LogP contribution < -0.4 is 10.1 Å². The Hall–Kier alpha value is -1.80. The second-order valence-electron chi connectivity index (χ2n) is 5.33. The highest BCUT2D eigenvalue weighted by Gasteiger charge is 2.08. The van der Waals surface area contributed by atoms with Crippen molar-refractivity contribution < 1.29 is 4.74 Å². The number of nitrogens with one attached hydrogen (secondary N) is 1.